The van der Waals surface area contributed by atoms with Crippen LogP contribution in [0.1, 0.15) is 25.8 Å². The molecule has 0 aromatic heterocycles. The van der Waals surface area contributed by atoms with Crippen LogP contribution < -0.4 is 0 Å². The van der Waals surface area contributed by atoms with Crippen LogP contribution in [0, 0.1) is 0 Å². The fraction of sp³-hybridized carbons (Fsp3) is 0.294. The molecule has 0 fully saturated rings. The van der Waals surface area contributed by atoms with Crippen molar-refractivity contribution < 1.29 is 14.7 Å². The Morgan fingerprint density at radius 3 is 2.73 bits per heavy atom. The standard InChI is InChI=1S/C17H19NO3S/c1-4-10-21-18-15(12-8-6-5-7-9-12)14-13(19)11-17(2,3)22-16(14)20/h4-9,19H,1,10-11H2,2-3H3. The first-order valence-electron chi connectivity index (χ1n) is 6.97. The lowest BCUT2D eigenvalue weighted by Gasteiger charge is -2.29. The van der Waals surface area contributed by atoms with E-state index in [2.05, 4.69) is 11.7 Å². The van der Waals surface area contributed by atoms with Crippen LogP contribution >= 0.6 is 11.8 Å². The molecule has 0 amide bonds. The number of oxime groups is 1. The molecule has 116 valence electrons. The van der Waals surface area contributed by atoms with Gasteiger partial charge in [-0.3, -0.25) is 4.79 Å². The van der Waals surface area contributed by atoms with E-state index in [0.29, 0.717) is 12.1 Å². The summed E-state index contributed by atoms with van der Waals surface area (Å²) < 4.78 is -0.325. The van der Waals surface area contributed by atoms with E-state index in [4.69, 9.17) is 4.84 Å². The molecule has 1 N–H and O–H groups in total. The number of hydrogen-bond donors (Lipinski definition) is 1. The molecule has 5 heteroatoms. The molecule has 1 heterocycles. The zero-order chi connectivity index (χ0) is 16.2. The van der Waals surface area contributed by atoms with Crippen LogP contribution in [0.4, 0.5) is 0 Å². The first-order chi connectivity index (χ1) is 10.4. The Hall–Kier alpha value is -2.01. The summed E-state index contributed by atoms with van der Waals surface area (Å²) in [5, 5.41) is 14.2. The smallest absolute Gasteiger partial charge is 0.225 e. The Labute approximate surface area is 134 Å². The summed E-state index contributed by atoms with van der Waals surface area (Å²) in [4.78, 5) is 17.6. The first kappa shape index (κ1) is 16.4. The number of benzene rings is 1. The Morgan fingerprint density at radius 1 is 1.45 bits per heavy atom. The quantitative estimate of drug-likeness (QED) is 0.388. The van der Waals surface area contributed by atoms with Crippen molar-refractivity contribution in [1.82, 2.24) is 0 Å². The van der Waals surface area contributed by atoms with Gasteiger partial charge in [0.2, 0.25) is 5.12 Å². The highest BCUT2D eigenvalue weighted by Gasteiger charge is 2.36. The molecular formula is C17H19NO3S. The molecule has 0 atom stereocenters. The molecule has 0 aliphatic carbocycles. The third-order valence-electron chi connectivity index (χ3n) is 3.09. The van der Waals surface area contributed by atoms with E-state index in [9.17, 15) is 9.90 Å². The van der Waals surface area contributed by atoms with E-state index >= 15 is 0 Å². The number of allylic oxidation sites excluding steroid dienone is 1. The van der Waals surface area contributed by atoms with Gasteiger partial charge >= 0.3 is 0 Å². The highest BCUT2D eigenvalue weighted by Crippen LogP contribution is 2.40. The number of aliphatic hydroxyl groups is 1. The van der Waals surface area contributed by atoms with Crippen molar-refractivity contribution in [2.75, 3.05) is 6.61 Å². The van der Waals surface area contributed by atoms with Gasteiger partial charge in [-0.25, -0.2) is 0 Å². The lowest BCUT2D eigenvalue weighted by Crippen LogP contribution is -2.29. The summed E-state index contributed by atoms with van der Waals surface area (Å²) in [6.45, 7) is 7.65. The molecule has 0 radical (unpaired) electrons. The molecule has 1 aromatic carbocycles. The van der Waals surface area contributed by atoms with Crippen LogP contribution in [0.2, 0.25) is 0 Å². The number of rotatable bonds is 5. The van der Waals surface area contributed by atoms with Crippen molar-refractivity contribution >= 4 is 22.6 Å². The van der Waals surface area contributed by atoms with Crippen molar-refractivity contribution in [3.63, 3.8) is 0 Å². The number of carbonyl (C=O) groups is 1. The molecule has 4 nitrogen and oxygen atoms in total. The normalized spacial score (nSPS) is 18.3. The van der Waals surface area contributed by atoms with Crippen molar-refractivity contribution in [3.8, 4) is 0 Å². The van der Waals surface area contributed by atoms with E-state index in [0.717, 1.165) is 5.56 Å². The third-order valence-corrected chi connectivity index (χ3v) is 4.17. The minimum absolute atomic E-state index is 0.0542. The van der Waals surface area contributed by atoms with Crippen LogP contribution in [0.15, 0.2) is 59.5 Å². The number of thioether (sulfide) groups is 1. The summed E-state index contributed by atoms with van der Waals surface area (Å²) in [6, 6.07) is 9.23. The molecule has 1 aromatic rings. The molecule has 22 heavy (non-hydrogen) atoms. The Balaban J connectivity index is 2.47. The van der Waals surface area contributed by atoms with Gasteiger partial charge in [-0.15, -0.1) is 0 Å². The molecule has 2 rings (SSSR count). The molecule has 0 bridgehead atoms. The highest BCUT2D eigenvalue weighted by atomic mass is 32.2. The minimum atomic E-state index is -0.325. The summed E-state index contributed by atoms with van der Waals surface area (Å²) in [5.74, 6) is 0.0542. The maximum Gasteiger partial charge on any atom is 0.225 e. The van der Waals surface area contributed by atoms with Gasteiger partial charge in [0.15, 0.2) is 0 Å². The van der Waals surface area contributed by atoms with Crippen LogP contribution in [0.25, 0.3) is 0 Å². The number of carbonyl (C=O) groups excluding carboxylic acids is 1. The summed E-state index contributed by atoms with van der Waals surface area (Å²) in [7, 11) is 0. The van der Waals surface area contributed by atoms with Crippen molar-refractivity contribution in [3.05, 3.63) is 59.9 Å². The van der Waals surface area contributed by atoms with Gasteiger partial charge in [0.05, 0.1) is 5.57 Å². The minimum Gasteiger partial charge on any atom is -0.511 e. The fourth-order valence-corrected chi connectivity index (χ4v) is 3.20. The van der Waals surface area contributed by atoms with Crippen LogP contribution in [0.5, 0.6) is 0 Å². The number of hydrogen-bond acceptors (Lipinski definition) is 5. The lowest BCUT2D eigenvalue weighted by molar-refractivity contribution is -0.107. The van der Waals surface area contributed by atoms with Crippen LogP contribution in [-0.2, 0) is 9.63 Å². The number of nitrogens with zero attached hydrogens (tertiary/aromatic N) is 1. The summed E-state index contributed by atoms with van der Waals surface area (Å²) in [6.07, 6.45) is 1.98. The Kier molecular flexibility index (Phi) is 5.08. The van der Waals surface area contributed by atoms with E-state index in [-0.39, 0.29) is 27.8 Å². The SMILES string of the molecule is C=CCON=C(C1=C(O)CC(C)(C)SC1=O)c1ccccc1. The lowest BCUT2D eigenvalue weighted by atomic mass is 9.97. The second kappa shape index (κ2) is 6.83. The first-order valence-corrected chi connectivity index (χ1v) is 7.78. The second-order valence-corrected chi connectivity index (χ2v) is 7.22. The average molecular weight is 317 g/mol. The molecular weight excluding hydrogens is 298 g/mol. The predicted molar refractivity (Wildman–Crippen MR) is 90.1 cm³/mol. The molecule has 0 saturated heterocycles. The van der Waals surface area contributed by atoms with Crippen LogP contribution in [-0.4, -0.2) is 27.3 Å². The van der Waals surface area contributed by atoms with Crippen LogP contribution in [0.3, 0.4) is 0 Å². The highest BCUT2D eigenvalue weighted by molar-refractivity contribution is 8.15. The van der Waals surface area contributed by atoms with Gasteiger partial charge in [0.25, 0.3) is 0 Å². The van der Waals surface area contributed by atoms with E-state index in [1.165, 1.54) is 11.8 Å². The molecule has 1 aliphatic heterocycles. The largest absolute Gasteiger partial charge is 0.511 e. The van der Waals surface area contributed by atoms with Crippen molar-refractivity contribution in [2.45, 2.75) is 25.0 Å². The van der Waals surface area contributed by atoms with Gasteiger partial charge in [0.1, 0.15) is 18.1 Å². The van der Waals surface area contributed by atoms with Crippen molar-refractivity contribution in [2.24, 2.45) is 5.16 Å². The third kappa shape index (κ3) is 3.80. The Bertz CT molecular complexity index is 633. The van der Waals surface area contributed by atoms with E-state index < -0.39 is 0 Å². The maximum atomic E-state index is 12.5. The summed E-state index contributed by atoms with van der Waals surface area (Å²) in [5.41, 5.74) is 1.30. The van der Waals surface area contributed by atoms with E-state index in [1.807, 2.05) is 44.2 Å². The van der Waals surface area contributed by atoms with Gasteiger partial charge in [0, 0.05) is 16.7 Å². The molecule has 0 unspecified atom stereocenters. The molecule has 1 aliphatic rings. The van der Waals surface area contributed by atoms with Gasteiger partial charge < -0.3 is 9.94 Å². The Morgan fingerprint density at radius 2 is 2.14 bits per heavy atom. The van der Waals surface area contributed by atoms with Gasteiger partial charge in [-0.05, 0) is 13.8 Å². The molecule has 0 spiro atoms. The second-order valence-electron chi connectivity index (χ2n) is 5.54. The fourth-order valence-electron chi connectivity index (χ4n) is 2.17. The zero-order valence-electron chi connectivity index (χ0n) is 12.7. The summed E-state index contributed by atoms with van der Waals surface area (Å²) >= 11 is 1.20. The zero-order valence-corrected chi connectivity index (χ0v) is 13.5. The van der Waals surface area contributed by atoms with E-state index in [1.54, 1.807) is 6.08 Å². The monoisotopic (exact) mass is 317 g/mol. The van der Waals surface area contributed by atoms with Gasteiger partial charge in [-0.1, -0.05) is 59.9 Å². The predicted octanol–water partition coefficient (Wildman–Crippen LogP) is 3.85. The maximum absolute atomic E-state index is 12.5. The molecule has 0 saturated carbocycles. The number of aliphatic hydroxyl groups excluding tert-OH is 1. The van der Waals surface area contributed by atoms with Gasteiger partial charge in [-0.2, -0.15) is 0 Å². The topological polar surface area (TPSA) is 58.9 Å². The average Bonchev–Trinajstić information content (AvgIpc) is 2.45. The van der Waals surface area contributed by atoms with Crippen molar-refractivity contribution in [1.29, 1.82) is 0 Å².